The normalized spacial score (nSPS) is 15.7. The first kappa shape index (κ1) is 20.7. The van der Waals surface area contributed by atoms with Crippen LogP contribution in [0.3, 0.4) is 0 Å². The van der Waals surface area contributed by atoms with E-state index in [9.17, 15) is 4.79 Å². The number of ether oxygens (including phenoxy) is 1. The molecule has 4 aromatic heterocycles. The maximum atomic E-state index is 13.6. The third kappa shape index (κ3) is 3.93. The third-order valence-corrected chi connectivity index (χ3v) is 5.38. The molecule has 1 amide bonds. The Bertz CT molecular complexity index is 1270. The van der Waals surface area contributed by atoms with Gasteiger partial charge in [0.25, 0.3) is 5.91 Å². The van der Waals surface area contributed by atoms with Crippen molar-refractivity contribution in [3.05, 3.63) is 60.1 Å². The largest absolute Gasteiger partial charge is 0.477 e. The fourth-order valence-corrected chi connectivity index (χ4v) is 3.90. The molecule has 1 saturated heterocycles. The van der Waals surface area contributed by atoms with E-state index in [0.29, 0.717) is 48.4 Å². The van der Waals surface area contributed by atoms with Crippen LogP contribution in [0.1, 0.15) is 47.9 Å². The first-order valence-electron chi connectivity index (χ1n) is 10.7. The molecule has 5 heterocycles. The number of aryl methyl sites for hydroxylation is 1. The van der Waals surface area contributed by atoms with Crippen molar-refractivity contribution in [3.63, 3.8) is 0 Å². The van der Waals surface area contributed by atoms with E-state index in [0.717, 1.165) is 12.1 Å². The van der Waals surface area contributed by atoms with Gasteiger partial charge in [-0.05, 0) is 51.0 Å². The minimum Gasteiger partial charge on any atom is -0.477 e. The minimum absolute atomic E-state index is 0.232. The first-order chi connectivity index (χ1) is 16.2. The van der Waals surface area contributed by atoms with Crippen molar-refractivity contribution in [1.82, 2.24) is 40.0 Å². The second-order valence-corrected chi connectivity index (χ2v) is 7.54. The fourth-order valence-electron chi connectivity index (χ4n) is 3.90. The maximum Gasteiger partial charge on any atom is 0.275 e. The lowest BCUT2D eigenvalue weighted by atomic mass is 10.2. The Hall–Kier alpha value is -4.15. The molecule has 0 spiro atoms. The maximum absolute atomic E-state index is 13.6. The molecule has 1 fully saturated rings. The zero-order chi connectivity index (χ0) is 22.8. The Morgan fingerprint density at radius 2 is 2.03 bits per heavy atom. The molecule has 1 aliphatic rings. The second-order valence-electron chi connectivity index (χ2n) is 7.54. The van der Waals surface area contributed by atoms with E-state index in [4.69, 9.17) is 9.26 Å². The summed E-state index contributed by atoms with van der Waals surface area (Å²) < 4.78 is 11.2. The molecular formula is C22H22N8O3. The van der Waals surface area contributed by atoms with Gasteiger partial charge < -0.3 is 14.2 Å². The molecule has 1 atom stereocenters. The Balaban J connectivity index is 1.46. The topological polar surface area (TPSA) is 125 Å². The SMILES string of the molecule is CCOc1ncccc1-c1noc(C2CCCN2C(=O)c2nc(C)ccc2-n2nccn2)n1. The summed E-state index contributed by atoms with van der Waals surface area (Å²) in [6, 6.07) is 6.87. The molecule has 11 heteroatoms. The molecule has 1 unspecified atom stereocenters. The number of pyridine rings is 2. The smallest absolute Gasteiger partial charge is 0.275 e. The zero-order valence-corrected chi connectivity index (χ0v) is 18.2. The van der Waals surface area contributed by atoms with Crippen molar-refractivity contribution in [2.24, 2.45) is 0 Å². The van der Waals surface area contributed by atoms with Crippen molar-refractivity contribution in [3.8, 4) is 23.0 Å². The van der Waals surface area contributed by atoms with Gasteiger partial charge in [-0.25, -0.2) is 9.97 Å². The standard InChI is InChI=1S/C22H22N8O3/c1-3-32-20-15(6-4-10-23-20)19-27-21(33-28-19)17-7-5-13-29(17)22(31)18-16(9-8-14(2)26-18)30-24-11-12-25-30/h4,6,8-12,17H,3,5,7,13H2,1-2H3. The molecule has 0 aromatic carbocycles. The van der Waals surface area contributed by atoms with Gasteiger partial charge in [-0.1, -0.05) is 5.16 Å². The summed E-state index contributed by atoms with van der Waals surface area (Å²) in [4.78, 5) is 30.0. The van der Waals surface area contributed by atoms with Crippen LogP contribution in [0.25, 0.3) is 17.1 Å². The number of carbonyl (C=O) groups is 1. The summed E-state index contributed by atoms with van der Waals surface area (Å²) in [5.41, 5.74) is 2.16. The van der Waals surface area contributed by atoms with Crippen molar-refractivity contribution in [1.29, 1.82) is 0 Å². The lowest BCUT2D eigenvalue weighted by Crippen LogP contribution is -2.32. The van der Waals surface area contributed by atoms with Crippen molar-refractivity contribution >= 4 is 5.91 Å². The number of aromatic nitrogens is 7. The lowest BCUT2D eigenvalue weighted by Gasteiger charge is -2.22. The van der Waals surface area contributed by atoms with Crippen molar-refractivity contribution in [2.75, 3.05) is 13.2 Å². The highest BCUT2D eigenvalue weighted by Crippen LogP contribution is 2.34. The monoisotopic (exact) mass is 446 g/mol. The van der Waals surface area contributed by atoms with Crippen molar-refractivity contribution in [2.45, 2.75) is 32.7 Å². The highest BCUT2D eigenvalue weighted by molar-refractivity contribution is 5.96. The number of hydrogen-bond acceptors (Lipinski definition) is 9. The highest BCUT2D eigenvalue weighted by Gasteiger charge is 2.36. The van der Waals surface area contributed by atoms with Crippen LogP contribution >= 0.6 is 0 Å². The molecule has 33 heavy (non-hydrogen) atoms. The minimum atomic E-state index is -0.355. The molecule has 0 N–H and O–H groups in total. The van der Waals surface area contributed by atoms with E-state index in [2.05, 4.69) is 30.3 Å². The van der Waals surface area contributed by atoms with Gasteiger partial charge in [-0.15, -0.1) is 4.80 Å². The quantitative estimate of drug-likeness (QED) is 0.439. The lowest BCUT2D eigenvalue weighted by molar-refractivity contribution is 0.0703. The first-order valence-corrected chi connectivity index (χ1v) is 10.7. The molecule has 168 valence electrons. The Kier molecular flexibility index (Phi) is 5.51. The number of likely N-dealkylation sites (tertiary alicyclic amines) is 1. The van der Waals surface area contributed by atoms with Gasteiger partial charge in [-0.3, -0.25) is 4.79 Å². The molecule has 1 aliphatic heterocycles. The van der Waals surface area contributed by atoms with Crippen LogP contribution in [0.4, 0.5) is 0 Å². The van der Waals surface area contributed by atoms with Gasteiger partial charge in [0.1, 0.15) is 11.7 Å². The Morgan fingerprint density at radius 3 is 2.85 bits per heavy atom. The summed E-state index contributed by atoms with van der Waals surface area (Å²) >= 11 is 0. The van der Waals surface area contributed by atoms with E-state index >= 15 is 0 Å². The van der Waals surface area contributed by atoms with Gasteiger partial charge in [0.05, 0.1) is 24.6 Å². The highest BCUT2D eigenvalue weighted by atomic mass is 16.5. The zero-order valence-electron chi connectivity index (χ0n) is 18.2. The summed E-state index contributed by atoms with van der Waals surface area (Å²) in [6.45, 7) is 4.75. The van der Waals surface area contributed by atoms with Gasteiger partial charge in [0, 0.05) is 18.4 Å². The van der Waals surface area contributed by atoms with Crippen molar-refractivity contribution < 1.29 is 14.1 Å². The molecule has 0 aliphatic carbocycles. The van der Waals surface area contributed by atoms with Gasteiger partial charge >= 0.3 is 0 Å². The molecule has 0 bridgehead atoms. The van der Waals surface area contributed by atoms with E-state index in [1.54, 1.807) is 35.6 Å². The number of hydrogen-bond donors (Lipinski definition) is 0. The average Bonchev–Trinajstić information content (AvgIpc) is 3.60. The van der Waals surface area contributed by atoms with Crippen LogP contribution in [0.2, 0.25) is 0 Å². The molecule has 0 saturated carbocycles. The Labute approximate surface area is 189 Å². The number of carbonyl (C=O) groups excluding carboxylic acids is 1. The van der Waals surface area contributed by atoms with Crippen LogP contribution in [-0.2, 0) is 0 Å². The molecule has 0 radical (unpaired) electrons. The third-order valence-electron chi connectivity index (χ3n) is 5.38. The van der Waals surface area contributed by atoms with Crippen LogP contribution < -0.4 is 4.74 Å². The summed E-state index contributed by atoms with van der Waals surface area (Å²) in [6.07, 6.45) is 6.28. The van der Waals surface area contributed by atoms with Crippen LogP contribution in [0.5, 0.6) is 5.88 Å². The fraction of sp³-hybridized carbons (Fsp3) is 0.318. The summed E-state index contributed by atoms with van der Waals surface area (Å²) in [7, 11) is 0. The van der Waals surface area contributed by atoms with Gasteiger partial charge in [-0.2, -0.15) is 15.2 Å². The summed E-state index contributed by atoms with van der Waals surface area (Å²) in [5.74, 6) is 0.946. The van der Waals surface area contributed by atoms with E-state index < -0.39 is 0 Å². The second kappa shape index (κ2) is 8.77. The van der Waals surface area contributed by atoms with Gasteiger partial charge in [0.15, 0.2) is 5.69 Å². The van der Waals surface area contributed by atoms with Crippen LogP contribution in [-0.4, -0.2) is 59.1 Å². The summed E-state index contributed by atoms with van der Waals surface area (Å²) in [5, 5.41) is 12.4. The number of nitrogens with zero attached hydrogens (tertiary/aromatic N) is 8. The molecule has 4 aromatic rings. The predicted molar refractivity (Wildman–Crippen MR) is 116 cm³/mol. The van der Waals surface area contributed by atoms with E-state index in [1.165, 1.54) is 4.80 Å². The van der Waals surface area contributed by atoms with Crippen LogP contribution in [0, 0.1) is 6.92 Å². The number of rotatable bonds is 6. The average molecular weight is 446 g/mol. The van der Waals surface area contributed by atoms with E-state index in [-0.39, 0.29) is 17.6 Å². The molecular weight excluding hydrogens is 424 g/mol. The Morgan fingerprint density at radius 1 is 1.18 bits per heavy atom. The van der Waals surface area contributed by atoms with Crippen LogP contribution in [0.15, 0.2) is 47.4 Å². The molecule has 5 rings (SSSR count). The predicted octanol–water partition coefficient (Wildman–Crippen LogP) is 2.79. The number of amides is 1. The van der Waals surface area contributed by atoms with Gasteiger partial charge in [0.2, 0.25) is 17.6 Å². The molecule has 11 nitrogen and oxygen atoms in total. The van der Waals surface area contributed by atoms with E-state index in [1.807, 2.05) is 26.0 Å².